The molecule has 0 saturated heterocycles. The van der Waals surface area contributed by atoms with Crippen LogP contribution in [0.2, 0.25) is 0 Å². The minimum Gasteiger partial charge on any atom is -0.399 e. The molecule has 0 bridgehead atoms. The summed E-state index contributed by atoms with van der Waals surface area (Å²) in [6, 6.07) is 7.62. The van der Waals surface area contributed by atoms with Gasteiger partial charge >= 0.3 is 0 Å². The van der Waals surface area contributed by atoms with E-state index < -0.39 is 0 Å². The third-order valence-electron chi connectivity index (χ3n) is 2.75. The Bertz CT molecular complexity index is 511. The molecule has 6 heteroatoms. The summed E-state index contributed by atoms with van der Waals surface area (Å²) in [5, 5.41) is 3.93. The fraction of sp³-hybridized carbons (Fsp3) is 0.429. The number of ether oxygens (including phenoxy) is 2. The summed E-state index contributed by atoms with van der Waals surface area (Å²) < 4.78 is 15.5. The van der Waals surface area contributed by atoms with Crippen molar-refractivity contribution in [3.05, 3.63) is 41.5 Å². The molecule has 1 aromatic carbocycles. The number of aromatic nitrogens is 2. The highest BCUT2D eigenvalue weighted by atomic mass is 16.5. The third-order valence-corrected chi connectivity index (χ3v) is 2.75. The van der Waals surface area contributed by atoms with Crippen LogP contribution in [0.5, 0.6) is 0 Å². The summed E-state index contributed by atoms with van der Waals surface area (Å²) in [6.45, 7) is 1.73. The minimum absolute atomic E-state index is 0.560. The number of rotatable bonds is 8. The third kappa shape index (κ3) is 4.64. The first-order chi connectivity index (χ1) is 9.78. The molecule has 0 amide bonds. The van der Waals surface area contributed by atoms with Crippen molar-refractivity contribution >= 4 is 5.69 Å². The van der Waals surface area contributed by atoms with Crippen molar-refractivity contribution in [3.8, 4) is 0 Å². The van der Waals surface area contributed by atoms with Crippen LogP contribution in [-0.4, -0.2) is 37.1 Å². The van der Waals surface area contributed by atoms with E-state index >= 15 is 0 Å². The van der Waals surface area contributed by atoms with Crippen LogP contribution < -0.4 is 5.73 Å². The molecule has 1 heterocycles. The van der Waals surface area contributed by atoms with Crippen LogP contribution in [-0.2, 0) is 22.3 Å². The molecule has 0 atom stereocenters. The topological polar surface area (TPSA) is 83.4 Å². The Balaban J connectivity index is 1.78. The lowest BCUT2D eigenvalue weighted by molar-refractivity contribution is 0.0714. The van der Waals surface area contributed by atoms with Gasteiger partial charge in [-0.1, -0.05) is 17.3 Å². The fourth-order valence-electron chi connectivity index (χ4n) is 1.68. The summed E-state index contributed by atoms with van der Waals surface area (Å²) in [4.78, 5) is 4.33. The Morgan fingerprint density at radius 2 is 1.95 bits per heavy atom. The normalized spacial score (nSPS) is 10.8. The monoisotopic (exact) mass is 277 g/mol. The first kappa shape index (κ1) is 14.5. The Labute approximate surface area is 117 Å². The smallest absolute Gasteiger partial charge is 0.231 e. The second-order valence-corrected chi connectivity index (χ2v) is 4.38. The Kier molecular flexibility index (Phi) is 5.52. The molecule has 0 radical (unpaired) electrons. The molecule has 108 valence electrons. The van der Waals surface area contributed by atoms with Crippen LogP contribution in [0.15, 0.2) is 28.8 Å². The van der Waals surface area contributed by atoms with Crippen LogP contribution in [0, 0.1) is 0 Å². The molecule has 2 rings (SSSR count). The zero-order valence-electron chi connectivity index (χ0n) is 11.5. The van der Waals surface area contributed by atoms with Gasteiger partial charge in [-0.2, -0.15) is 4.98 Å². The minimum atomic E-state index is 0.560. The number of nitrogens with zero attached hydrogens (tertiary/aromatic N) is 2. The number of nitrogens with two attached hydrogens (primary N) is 1. The zero-order valence-corrected chi connectivity index (χ0v) is 11.5. The number of hydrogen-bond donors (Lipinski definition) is 1. The Hall–Kier alpha value is -1.92. The molecule has 0 fully saturated rings. The van der Waals surface area contributed by atoms with E-state index in [-0.39, 0.29) is 0 Å². The van der Waals surface area contributed by atoms with Crippen molar-refractivity contribution in [3.63, 3.8) is 0 Å². The molecule has 20 heavy (non-hydrogen) atoms. The van der Waals surface area contributed by atoms with Crippen LogP contribution in [0.25, 0.3) is 0 Å². The van der Waals surface area contributed by atoms with Crippen molar-refractivity contribution in [2.45, 2.75) is 12.8 Å². The highest BCUT2D eigenvalue weighted by molar-refractivity contribution is 5.39. The lowest BCUT2D eigenvalue weighted by Gasteiger charge is -2.00. The van der Waals surface area contributed by atoms with E-state index in [1.165, 1.54) is 0 Å². The van der Waals surface area contributed by atoms with Gasteiger partial charge in [0.15, 0.2) is 5.82 Å². The quantitative estimate of drug-likeness (QED) is 0.581. The van der Waals surface area contributed by atoms with E-state index in [0.717, 1.165) is 11.3 Å². The van der Waals surface area contributed by atoms with Crippen molar-refractivity contribution in [1.82, 2.24) is 10.1 Å². The van der Waals surface area contributed by atoms with Gasteiger partial charge in [0.05, 0.1) is 26.2 Å². The fourth-order valence-corrected chi connectivity index (χ4v) is 1.68. The van der Waals surface area contributed by atoms with Crippen LogP contribution in [0.4, 0.5) is 5.69 Å². The number of anilines is 1. The highest BCUT2D eigenvalue weighted by Gasteiger charge is 2.07. The summed E-state index contributed by atoms with van der Waals surface area (Å²) in [6.07, 6.45) is 1.24. The van der Waals surface area contributed by atoms with Gasteiger partial charge in [0.1, 0.15) is 0 Å². The summed E-state index contributed by atoms with van der Waals surface area (Å²) in [5.41, 5.74) is 7.47. The summed E-state index contributed by atoms with van der Waals surface area (Å²) >= 11 is 0. The van der Waals surface area contributed by atoms with E-state index in [9.17, 15) is 0 Å². The second-order valence-electron chi connectivity index (χ2n) is 4.38. The molecule has 0 aliphatic carbocycles. The maximum Gasteiger partial charge on any atom is 0.231 e. The number of methoxy groups -OCH3 is 1. The Morgan fingerprint density at radius 1 is 1.15 bits per heavy atom. The van der Waals surface area contributed by atoms with Crippen LogP contribution >= 0.6 is 0 Å². The Morgan fingerprint density at radius 3 is 2.70 bits per heavy atom. The van der Waals surface area contributed by atoms with E-state index in [1.807, 2.05) is 24.3 Å². The predicted molar refractivity (Wildman–Crippen MR) is 74.4 cm³/mol. The molecule has 0 aliphatic heterocycles. The van der Waals surface area contributed by atoms with Gasteiger partial charge < -0.3 is 19.7 Å². The van der Waals surface area contributed by atoms with E-state index in [4.69, 9.17) is 19.7 Å². The average Bonchev–Trinajstić information content (AvgIpc) is 2.89. The van der Waals surface area contributed by atoms with Gasteiger partial charge in [-0.15, -0.1) is 0 Å². The van der Waals surface area contributed by atoms with E-state index in [0.29, 0.717) is 44.4 Å². The van der Waals surface area contributed by atoms with E-state index in [1.54, 1.807) is 7.11 Å². The van der Waals surface area contributed by atoms with Crippen molar-refractivity contribution in [2.24, 2.45) is 0 Å². The first-order valence-corrected chi connectivity index (χ1v) is 6.50. The first-order valence-electron chi connectivity index (χ1n) is 6.50. The van der Waals surface area contributed by atoms with Crippen molar-refractivity contribution < 1.29 is 14.0 Å². The SMILES string of the molecule is COCCOCCc1noc(Cc2ccc(N)cc2)n1. The average molecular weight is 277 g/mol. The molecule has 1 aromatic heterocycles. The molecule has 0 spiro atoms. The maximum absolute atomic E-state index is 5.64. The molecule has 2 aromatic rings. The summed E-state index contributed by atoms with van der Waals surface area (Å²) in [7, 11) is 1.64. The van der Waals surface area contributed by atoms with Gasteiger partial charge in [-0.05, 0) is 17.7 Å². The molecule has 0 unspecified atom stereocenters. The molecule has 6 nitrogen and oxygen atoms in total. The molecule has 0 saturated carbocycles. The largest absolute Gasteiger partial charge is 0.399 e. The predicted octanol–water partition coefficient (Wildman–Crippen LogP) is 1.45. The molecular weight excluding hydrogens is 258 g/mol. The molecule has 2 N–H and O–H groups in total. The number of hydrogen-bond acceptors (Lipinski definition) is 6. The van der Waals surface area contributed by atoms with Gasteiger partial charge in [0.25, 0.3) is 0 Å². The second kappa shape index (κ2) is 7.62. The van der Waals surface area contributed by atoms with Gasteiger partial charge in [0.2, 0.25) is 5.89 Å². The van der Waals surface area contributed by atoms with Crippen molar-refractivity contribution in [1.29, 1.82) is 0 Å². The number of benzene rings is 1. The highest BCUT2D eigenvalue weighted by Crippen LogP contribution is 2.10. The van der Waals surface area contributed by atoms with Gasteiger partial charge in [-0.25, -0.2) is 0 Å². The maximum atomic E-state index is 5.64. The van der Waals surface area contributed by atoms with Gasteiger partial charge in [-0.3, -0.25) is 0 Å². The van der Waals surface area contributed by atoms with Crippen LogP contribution in [0.3, 0.4) is 0 Å². The van der Waals surface area contributed by atoms with Crippen molar-refractivity contribution in [2.75, 3.05) is 32.7 Å². The lowest BCUT2D eigenvalue weighted by Crippen LogP contribution is -2.05. The standard InChI is InChI=1S/C14H19N3O3/c1-18-8-9-19-7-6-13-16-14(20-17-13)10-11-2-4-12(15)5-3-11/h2-5H,6-10,15H2,1H3. The van der Waals surface area contributed by atoms with Crippen LogP contribution in [0.1, 0.15) is 17.3 Å². The van der Waals surface area contributed by atoms with Gasteiger partial charge in [0, 0.05) is 19.2 Å². The molecular formula is C14H19N3O3. The number of nitrogen functional groups attached to an aromatic ring is 1. The van der Waals surface area contributed by atoms with E-state index in [2.05, 4.69) is 10.1 Å². The zero-order chi connectivity index (χ0) is 14.2. The summed E-state index contributed by atoms with van der Waals surface area (Å²) in [5.74, 6) is 1.26. The molecule has 0 aliphatic rings. The lowest BCUT2D eigenvalue weighted by atomic mass is 10.1.